The minimum atomic E-state index is -0.890. The minimum absolute atomic E-state index is 0.0978. The number of allylic oxidation sites excluding steroid dienone is 3. The van der Waals surface area contributed by atoms with Gasteiger partial charge in [-0.15, -0.1) is 0 Å². The quantitative estimate of drug-likeness (QED) is 0.731. The van der Waals surface area contributed by atoms with Crippen LogP contribution in [0.25, 0.3) is 0 Å². The molecule has 0 fully saturated rings. The maximum Gasteiger partial charge on any atom is 0.204 e. The van der Waals surface area contributed by atoms with Gasteiger partial charge in [0.1, 0.15) is 11.9 Å². The molecule has 3 atom stereocenters. The molecule has 1 aliphatic rings. The van der Waals surface area contributed by atoms with Gasteiger partial charge in [0.15, 0.2) is 5.76 Å². The molecule has 0 aromatic rings. The molecule has 0 radical (unpaired) electrons. The van der Waals surface area contributed by atoms with Crippen molar-refractivity contribution in [1.82, 2.24) is 0 Å². The van der Waals surface area contributed by atoms with Crippen LogP contribution in [0.5, 0.6) is 0 Å². The lowest BCUT2D eigenvalue weighted by atomic mass is 9.77. The average molecular weight is 310 g/mol. The van der Waals surface area contributed by atoms with Crippen molar-refractivity contribution >= 4 is 11.6 Å². The molecule has 0 heterocycles. The molecule has 0 aliphatic heterocycles. The Balaban J connectivity index is 2.92. The van der Waals surface area contributed by atoms with E-state index < -0.39 is 6.10 Å². The van der Waals surface area contributed by atoms with E-state index in [1.165, 1.54) is 14.2 Å². The predicted molar refractivity (Wildman–Crippen MR) is 83.0 cm³/mol. The number of aliphatic hydroxyl groups excluding tert-OH is 1. The van der Waals surface area contributed by atoms with Crippen LogP contribution in [0, 0.1) is 11.8 Å². The summed E-state index contributed by atoms with van der Waals surface area (Å²) in [6.07, 6.45) is 2.48. The lowest BCUT2D eigenvalue weighted by molar-refractivity contribution is -0.128. The molecular weight excluding hydrogens is 284 g/mol. The molecule has 0 spiro atoms. The zero-order chi connectivity index (χ0) is 16.9. The first kappa shape index (κ1) is 18.4. The van der Waals surface area contributed by atoms with E-state index in [1.54, 1.807) is 6.92 Å². The first-order valence-electron chi connectivity index (χ1n) is 7.59. The van der Waals surface area contributed by atoms with Crippen LogP contribution in [-0.4, -0.2) is 37.0 Å². The Morgan fingerprint density at radius 1 is 1.32 bits per heavy atom. The number of Topliss-reactive ketones (excluding diaryl/α,β-unsaturated/α-hetero) is 2. The summed E-state index contributed by atoms with van der Waals surface area (Å²) in [6.45, 7) is 5.51. The van der Waals surface area contributed by atoms with Crippen LogP contribution in [-0.2, 0) is 19.1 Å². The molecule has 5 nitrogen and oxygen atoms in total. The largest absolute Gasteiger partial charge is 0.494 e. The lowest BCUT2D eigenvalue weighted by Gasteiger charge is -2.33. The Kier molecular flexibility index (Phi) is 6.81. The summed E-state index contributed by atoms with van der Waals surface area (Å²) in [5.74, 6) is -0.346. The predicted octanol–water partition coefficient (Wildman–Crippen LogP) is 2.39. The van der Waals surface area contributed by atoms with Crippen molar-refractivity contribution in [3.8, 4) is 0 Å². The number of methoxy groups -OCH3 is 2. The number of ketones is 2. The molecule has 0 amide bonds. The van der Waals surface area contributed by atoms with Crippen LogP contribution in [0.4, 0.5) is 0 Å². The number of aliphatic hydroxyl groups is 1. The second-order valence-electron chi connectivity index (χ2n) is 5.72. The molecular formula is C17H26O5. The highest BCUT2D eigenvalue weighted by Crippen LogP contribution is 2.35. The van der Waals surface area contributed by atoms with Gasteiger partial charge >= 0.3 is 0 Å². The number of hydrogen-bond donors (Lipinski definition) is 1. The van der Waals surface area contributed by atoms with Gasteiger partial charge in [0.2, 0.25) is 11.5 Å². The SMILES string of the molecule is CCC(=O)CC(C)=CCC1C(C)C(=O)C(OC)=C(OC)C1O. The highest BCUT2D eigenvalue weighted by molar-refractivity contribution is 5.97. The van der Waals surface area contributed by atoms with Gasteiger partial charge in [-0.05, 0) is 13.3 Å². The third-order valence-corrected chi connectivity index (χ3v) is 4.21. The van der Waals surface area contributed by atoms with Crippen molar-refractivity contribution in [2.75, 3.05) is 14.2 Å². The fraction of sp³-hybridized carbons (Fsp3) is 0.647. The Hall–Kier alpha value is -1.62. The van der Waals surface area contributed by atoms with E-state index in [1.807, 2.05) is 19.9 Å². The zero-order valence-corrected chi connectivity index (χ0v) is 14.0. The third kappa shape index (κ3) is 3.97. The number of rotatable bonds is 7. The average Bonchev–Trinajstić information content (AvgIpc) is 2.50. The van der Waals surface area contributed by atoms with Crippen molar-refractivity contribution in [3.05, 3.63) is 23.2 Å². The standard InChI is InChI=1S/C17H26O5/c1-6-12(18)9-10(2)7-8-13-11(3)14(19)16(21-4)17(22-5)15(13)20/h7,11,13,15,20H,6,8-9H2,1-5H3. The van der Waals surface area contributed by atoms with E-state index in [0.29, 0.717) is 19.3 Å². The number of carbonyl (C=O) groups excluding carboxylic acids is 2. The topological polar surface area (TPSA) is 72.8 Å². The van der Waals surface area contributed by atoms with Gasteiger partial charge in [-0.2, -0.15) is 0 Å². The Bertz CT molecular complexity index is 489. The summed E-state index contributed by atoms with van der Waals surface area (Å²) in [7, 11) is 2.81. The van der Waals surface area contributed by atoms with Crippen LogP contribution >= 0.6 is 0 Å². The highest BCUT2D eigenvalue weighted by atomic mass is 16.5. The Morgan fingerprint density at radius 2 is 1.95 bits per heavy atom. The molecule has 22 heavy (non-hydrogen) atoms. The number of hydrogen-bond acceptors (Lipinski definition) is 5. The van der Waals surface area contributed by atoms with E-state index in [-0.39, 0.29) is 34.9 Å². The monoisotopic (exact) mass is 310 g/mol. The summed E-state index contributed by atoms with van der Waals surface area (Å²) in [5.41, 5.74) is 0.958. The highest BCUT2D eigenvalue weighted by Gasteiger charge is 2.42. The molecule has 3 unspecified atom stereocenters. The maximum atomic E-state index is 12.3. The second-order valence-corrected chi connectivity index (χ2v) is 5.72. The van der Waals surface area contributed by atoms with Crippen molar-refractivity contribution in [2.45, 2.75) is 46.1 Å². The van der Waals surface area contributed by atoms with Crippen molar-refractivity contribution in [1.29, 1.82) is 0 Å². The van der Waals surface area contributed by atoms with Crippen LogP contribution < -0.4 is 0 Å². The normalized spacial score (nSPS) is 26.2. The number of ether oxygens (including phenoxy) is 2. The van der Waals surface area contributed by atoms with Crippen molar-refractivity contribution in [3.63, 3.8) is 0 Å². The smallest absolute Gasteiger partial charge is 0.204 e. The van der Waals surface area contributed by atoms with Crippen LogP contribution in [0.1, 0.15) is 40.0 Å². The molecule has 0 aromatic heterocycles. The molecule has 0 bridgehead atoms. The van der Waals surface area contributed by atoms with Gasteiger partial charge in [0, 0.05) is 24.7 Å². The molecule has 0 saturated heterocycles. The van der Waals surface area contributed by atoms with Crippen molar-refractivity contribution in [2.24, 2.45) is 11.8 Å². The van der Waals surface area contributed by atoms with Crippen molar-refractivity contribution < 1.29 is 24.2 Å². The zero-order valence-electron chi connectivity index (χ0n) is 14.0. The minimum Gasteiger partial charge on any atom is -0.494 e. The summed E-state index contributed by atoms with van der Waals surface area (Å²) in [6, 6.07) is 0. The first-order valence-corrected chi connectivity index (χ1v) is 7.59. The van der Waals surface area contributed by atoms with Crippen LogP contribution in [0.15, 0.2) is 23.2 Å². The van der Waals surface area contributed by atoms with E-state index >= 15 is 0 Å². The summed E-state index contributed by atoms with van der Waals surface area (Å²) >= 11 is 0. The second kappa shape index (κ2) is 8.13. The van der Waals surface area contributed by atoms with Gasteiger partial charge in [0.25, 0.3) is 0 Å². The lowest BCUT2D eigenvalue weighted by Crippen LogP contribution is -2.40. The molecule has 0 aromatic carbocycles. The summed E-state index contributed by atoms with van der Waals surface area (Å²) in [4.78, 5) is 23.7. The van der Waals surface area contributed by atoms with Crippen LogP contribution in [0.3, 0.4) is 0 Å². The molecule has 5 heteroatoms. The van der Waals surface area contributed by atoms with Gasteiger partial charge in [0.05, 0.1) is 14.2 Å². The Morgan fingerprint density at radius 3 is 2.45 bits per heavy atom. The molecule has 1 N–H and O–H groups in total. The maximum absolute atomic E-state index is 12.3. The van der Waals surface area contributed by atoms with Gasteiger partial charge in [-0.3, -0.25) is 9.59 Å². The third-order valence-electron chi connectivity index (χ3n) is 4.21. The van der Waals surface area contributed by atoms with Crippen LogP contribution in [0.2, 0.25) is 0 Å². The first-order chi connectivity index (χ1) is 10.4. The Labute approximate surface area is 132 Å². The number of carbonyl (C=O) groups is 2. The van der Waals surface area contributed by atoms with E-state index in [0.717, 1.165) is 5.57 Å². The van der Waals surface area contributed by atoms with Gasteiger partial charge < -0.3 is 14.6 Å². The fourth-order valence-corrected chi connectivity index (χ4v) is 2.72. The summed E-state index contributed by atoms with van der Waals surface area (Å²) < 4.78 is 10.2. The fourth-order valence-electron chi connectivity index (χ4n) is 2.72. The molecule has 1 rings (SSSR count). The van der Waals surface area contributed by atoms with Gasteiger partial charge in [-0.25, -0.2) is 0 Å². The van der Waals surface area contributed by atoms with E-state index in [4.69, 9.17) is 9.47 Å². The van der Waals surface area contributed by atoms with E-state index in [9.17, 15) is 14.7 Å². The molecule has 1 aliphatic carbocycles. The molecule has 0 saturated carbocycles. The van der Waals surface area contributed by atoms with Gasteiger partial charge in [-0.1, -0.05) is 25.5 Å². The van der Waals surface area contributed by atoms with E-state index in [2.05, 4.69) is 0 Å². The summed E-state index contributed by atoms with van der Waals surface area (Å²) in [5, 5.41) is 10.4. The molecule has 124 valence electrons.